The Morgan fingerprint density at radius 1 is 1.50 bits per heavy atom. The second kappa shape index (κ2) is 10.3. The van der Waals surface area contributed by atoms with Crippen molar-refractivity contribution < 1.29 is 4.74 Å². The number of nitrogens with one attached hydrogen (secondary N) is 1. The van der Waals surface area contributed by atoms with Crippen molar-refractivity contribution in [3.63, 3.8) is 0 Å². The maximum Gasteiger partial charge on any atom is 0.193 e. The molecule has 0 aromatic heterocycles. The number of aliphatic imine (C=N–C) groups is 1. The summed E-state index contributed by atoms with van der Waals surface area (Å²) in [5.74, 6) is 2.87. The van der Waals surface area contributed by atoms with Crippen molar-refractivity contribution in [1.82, 2.24) is 10.2 Å². The van der Waals surface area contributed by atoms with E-state index < -0.39 is 0 Å². The predicted molar refractivity (Wildman–Crippen MR) is 89.7 cm³/mol. The zero-order valence-corrected chi connectivity index (χ0v) is 14.3. The fraction of sp³-hybridized carbons (Fsp3) is 0.933. The topological polar surface area (TPSA) is 36.9 Å². The third-order valence-corrected chi connectivity index (χ3v) is 4.68. The molecule has 0 amide bonds. The van der Waals surface area contributed by atoms with Gasteiger partial charge in [-0.1, -0.05) is 20.8 Å². The molecule has 0 aliphatic carbocycles. The zero-order chi connectivity index (χ0) is 14.8. The SMILES string of the molecule is CCC1CN(C(=NC)NCCCOCC(C)C)CCS1. The third kappa shape index (κ3) is 6.84. The Bertz CT molecular complexity index is 284. The van der Waals surface area contributed by atoms with Gasteiger partial charge in [0.2, 0.25) is 0 Å². The van der Waals surface area contributed by atoms with Crippen molar-refractivity contribution in [2.24, 2.45) is 10.9 Å². The quantitative estimate of drug-likeness (QED) is 0.445. The summed E-state index contributed by atoms with van der Waals surface area (Å²) in [6, 6.07) is 0. The molecule has 0 bridgehead atoms. The fourth-order valence-electron chi connectivity index (χ4n) is 2.18. The van der Waals surface area contributed by atoms with Gasteiger partial charge in [-0.25, -0.2) is 0 Å². The Morgan fingerprint density at radius 3 is 2.95 bits per heavy atom. The number of hydrogen-bond donors (Lipinski definition) is 1. The van der Waals surface area contributed by atoms with Crippen LogP contribution in [0.3, 0.4) is 0 Å². The first-order valence-corrected chi connectivity index (χ1v) is 8.87. The average molecular weight is 301 g/mol. The molecule has 1 aliphatic heterocycles. The second-order valence-corrected chi connectivity index (χ2v) is 7.05. The van der Waals surface area contributed by atoms with Crippen LogP contribution in [0.2, 0.25) is 0 Å². The Kier molecular flexibility index (Phi) is 9.10. The summed E-state index contributed by atoms with van der Waals surface area (Å²) in [6.07, 6.45) is 2.27. The van der Waals surface area contributed by atoms with Crippen LogP contribution < -0.4 is 5.32 Å². The van der Waals surface area contributed by atoms with Crippen molar-refractivity contribution in [3.05, 3.63) is 0 Å². The van der Waals surface area contributed by atoms with E-state index in [0.717, 1.165) is 50.5 Å². The molecule has 1 rings (SSSR count). The monoisotopic (exact) mass is 301 g/mol. The summed E-state index contributed by atoms with van der Waals surface area (Å²) in [6.45, 7) is 11.5. The summed E-state index contributed by atoms with van der Waals surface area (Å²) >= 11 is 2.09. The maximum atomic E-state index is 5.59. The number of nitrogens with zero attached hydrogens (tertiary/aromatic N) is 2. The number of hydrogen-bond acceptors (Lipinski definition) is 3. The minimum Gasteiger partial charge on any atom is -0.381 e. The van der Waals surface area contributed by atoms with Gasteiger partial charge in [-0.15, -0.1) is 0 Å². The normalized spacial score (nSPS) is 20.6. The summed E-state index contributed by atoms with van der Waals surface area (Å²) in [4.78, 5) is 6.80. The van der Waals surface area contributed by atoms with E-state index in [1.807, 2.05) is 7.05 Å². The van der Waals surface area contributed by atoms with Gasteiger partial charge in [0.15, 0.2) is 5.96 Å². The fourth-order valence-corrected chi connectivity index (χ4v) is 3.36. The number of ether oxygens (including phenoxy) is 1. The Balaban J connectivity index is 2.19. The van der Waals surface area contributed by atoms with E-state index in [4.69, 9.17) is 4.74 Å². The molecule has 0 aromatic carbocycles. The summed E-state index contributed by atoms with van der Waals surface area (Å²) in [5.41, 5.74) is 0. The minimum absolute atomic E-state index is 0.618. The first kappa shape index (κ1) is 17.6. The molecule has 118 valence electrons. The van der Waals surface area contributed by atoms with Crippen LogP contribution in [-0.4, -0.2) is 61.8 Å². The Hall–Kier alpha value is -0.420. The van der Waals surface area contributed by atoms with E-state index in [1.165, 1.54) is 12.2 Å². The van der Waals surface area contributed by atoms with E-state index in [0.29, 0.717) is 5.92 Å². The van der Waals surface area contributed by atoms with Crippen LogP contribution in [0.15, 0.2) is 4.99 Å². The molecule has 1 atom stereocenters. The largest absolute Gasteiger partial charge is 0.381 e. The summed E-state index contributed by atoms with van der Waals surface area (Å²) in [5, 5.41) is 4.21. The predicted octanol–water partition coefficient (Wildman–Crippen LogP) is 2.45. The maximum absolute atomic E-state index is 5.59. The van der Waals surface area contributed by atoms with E-state index >= 15 is 0 Å². The van der Waals surface area contributed by atoms with Crippen LogP contribution in [0.5, 0.6) is 0 Å². The number of thioether (sulfide) groups is 1. The zero-order valence-electron chi connectivity index (χ0n) is 13.5. The molecule has 0 spiro atoms. The standard InChI is InChI=1S/C15H31N3OS/c1-5-14-11-18(8-10-20-14)15(16-4)17-7-6-9-19-12-13(2)3/h13-14H,5-12H2,1-4H3,(H,16,17). The van der Waals surface area contributed by atoms with Crippen LogP contribution >= 0.6 is 11.8 Å². The smallest absolute Gasteiger partial charge is 0.193 e. The van der Waals surface area contributed by atoms with Gasteiger partial charge in [0, 0.05) is 50.9 Å². The lowest BCUT2D eigenvalue weighted by molar-refractivity contribution is 0.108. The molecular formula is C15H31N3OS. The molecular weight excluding hydrogens is 270 g/mol. The molecule has 1 fully saturated rings. The van der Waals surface area contributed by atoms with Crippen molar-refractivity contribution in [2.45, 2.75) is 38.9 Å². The Labute approximate surface area is 128 Å². The van der Waals surface area contributed by atoms with Gasteiger partial charge in [0.05, 0.1) is 0 Å². The molecule has 1 unspecified atom stereocenters. The van der Waals surface area contributed by atoms with Crippen LogP contribution in [0.25, 0.3) is 0 Å². The van der Waals surface area contributed by atoms with Gasteiger partial charge in [-0.3, -0.25) is 4.99 Å². The number of guanidine groups is 1. The van der Waals surface area contributed by atoms with Crippen molar-refractivity contribution >= 4 is 17.7 Å². The molecule has 5 heteroatoms. The van der Waals surface area contributed by atoms with Gasteiger partial charge in [-0.05, 0) is 18.8 Å². The van der Waals surface area contributed by atoms with E-state index in [9.17, 15) is 0 Å². The average Bonchev–Trinajstić information content (AvgIpc) is 2.46. The molecule has 1 heterocycles. The van der Waals surface area contributed by atoms with Gasteiger partial charge in [0.1, 0.15) is 0 Å². The molecule has 1 saturated heterocycles. The molecule has 0 aromatic rings. The molecule has 0 saturated carbocycles. The Morgan fingerprint density at radius 2 is 2.30 bits per heavy atom. The highest BCUT2D eigenvalue weighted by molar-refractivity contribution is 8.00. The van der Waals surface area contributed by atoms with Gasteiger partial charge >= 0.3 is 0 Å². The van der Waals surface area contributed by atoms with Crippen molar-refractivity contribution in [3.8, 4) is 0 Å². The third-order valence-electron chi connectivity index (χ3n) is 3.31. The van der Waals surface area contributed by atoms with Crippen molar-refractivity contribution in [1.29, 1.82) is 0 Å². The molecule has 0 radical (unpaired) electrons. The highest BCUT2D eigenvalue weighted by atomic mass is 32.2. The van der Waals surface area contributed by atoms with Crippen LogP contribution in [0, 0.1) is 5.92 Å². The van der Waals surface area contributed by atoms with E-state index in [1.54, 1.807) is 0 Å². The van der Waals surface area contributed by atoms with Gasteiger partial charge in [-0.2, -0.15) is 11.8 Å². The lowest BCUT2D eigenvalue weighted by Gasteiger charge is -2.34. The molecule has 20 heavy (non-hydrogen) atoms. The summed E-state index contributed by atoms with van der Waals surface area (Å²) < 4.78 is 5.59. The first-order chi connectivity index (χ1) is 9.67. The highest BCUT2D eigenvalue weighted by Gasteiger charge is 2.21. The molecule has 1 aliphatic rings. The number of rotatable bonds is 7. The van der Waals surface area contributed by atoms with E-state index in [-0.39, 0.29) is 0 Å². The van der Waals surface area contributed by atoms with Gasteiger partial charge < -0.3 is 15.0 Å². The van der Waals surface area contributed by atoms with E-state index in [2.05, 4.69) is 47.7 Å². The minimum atomic E-state index is 0.618. The van der Waals surface area contributed by atoms with Crippen LogP contribution in [0.1, 0.15) is 33.6 Å². The molecule has 1 N–H and O–H groups in total. The van der Waals surface area contributed by atoms with Crippen molar-refractivity contribution in [2.75, 3.05) is 45.6 Å². The van der Waals surface area contributed by atoms with Crippen LogP contribution in [0.4, 0.5) is 0 Å². The second-order valence-electron chi connectivity index (χ2n) is 5.64. The lowest BCUT2D eigenvalue weighted by atomic mass is 10.2. The summed E-state index contributed by atoms with van der Waals surface area (Å²) in [7, 11) is 1.88. The van der Waals surface area contributed by atoms with Crippen LogP contribution in [-0.2, 0) is 4.74 Å². The lowest BCUT2D eigenvalue weighted by Crippen LogP contribution is -2.48. The highest BCUT2D eigenvalue weighted by Crippen LogP contribution is 2.20. The first-order valence-electron chi connectivity index (χ1n) is 7.82. The van der Waals surface area contributed by atoms with Gasteiger partial charge in [0.25, 0.3) is 0 Å². The molecule has 4 nitrogen and oxygen atoms in total.